The number of halogens is 2. The van der Waals surface area contributed by atoms with Gasteiger partial charge in [-0.3, -0.25) is 0 Å². The minimum Gasteiger partial charge on any atom is -0.301 e. The highest BCUT2D eigenvalue weighted by Crippen LogP contribution is 2.20. The zero-order chi connectivity index (χ0) is 11.1. The van der Waals surface area contributed by atoms with Gasteiger partial charge in [-0.25, -0.2) is 0 Å². The zero-order valence-electron chi connectivity index (χ0n) is 9.01. The van der Waals surface area contributed by atoms with Crippen LogP contribution in [0, 0.1) is 0 Å². The summed E-state index contributed by atoms with van der Waals surface area (Å²) in [6, 6.07) is 2.19. The van der Waals surface area contributed by atoms with Gasteiger partial charge in [0.1, 0.15) is 0 Å². The lowest BCUT2D eigenvalue weighted by Crippen LogP contribution is -2.18. The average molecular weight is 311 g/mol. The molecule has 0 unspecified atom stereocenters. The number of rotatable bonds is 7. The van der Waals surface area contributed by atoms with E-state index in [1.54, 1.807) is 0 Å². The summed E-state index contributed by atoms with van der Waals surface area (Å²) in [5.41, 5.74) is 0. The molecule has 0 N–H and O–H groups in total. The third-order valence-electron chi connectivity index (χ3n) is 2.22. The van der Waals surface area contributed by atoms with Crippen molar-refractivity contribution < 1.29 is 0 Å². The highest BCUT2D eigenvalue weighted by atomic mass is 79.9. The summed E-state index contributed by atoms with van der Waals surface area (Å²) in [5.74, 6) is 0.793. The lowest BCUT2D eigenvalue weighted by molar-refractivity contribution is 0.321. The van der Waals surface area contributed by atoms with E-state index in [-0.39, 0.29) is 0 Å². The standard InChI is InChI=1S/C11H17BrClNS/c1-14(6-4-2-3-5-13)8-11-7-10(12)9-15-11/h7,9H,2-6,8H2,1H3. The summed E-state index contributed by atoms with van der Waals surface area (Å²) in [6.07, 6.45) is 3.62. The molecule has 0 aliphatic heterocycles. The first-order valence-corrected chi connectivity index (χ1v) is 7.40. The summed E-state index contributed by atoms with van der Waals surface area (Å²) in [7, 11) is 2.17. The van der Waals surface area contributed by atoms with Crippen LogP contribution in [0.15, 0.2) is 15.9 Å². The molecule has 0 fully saturated rings. The van der Waals surface area contributed by atoms with Gasteiger partial charge in [0.25, 0.3) is 0 Å². The first-order valence-electron chi connectivity index (χ1n) is 5.20. The van der Waals surface area contributed by atoms with Gasteiger partial charge >= 0.3 is 0 Å². The average Bonchev–Trinajstić information content (AvgIpc) is 2.59. The van der Waals surface area contributed by atoms with Crippen LogP contribution in [0.2, 0.25) is 0 Å². The SMILES string of the molecule is CN(CCCCCCl)Cc1cc(Br)cs1. The Kier molecular flexibility index (Phi) is 6.89. The Labute approximate surface area is 110 Å². The lowest BCUT2D eigenvalue weighted by Gasteiger charge is -2.14. The van der Waals surface area contributed by atoms with Crippen LogP contribution in [0.1, 0.15) is 24.1 Å². The van der Waals surface area contributed by atoms with Crippen molar-refractivity contribution in [3.05, 3.63) is 20.8 Å². The van der Waals surface area contributed by atoms with Crippen molar-refractivity contribution >= 4 is 38.9 Å². The maximum absolute atomic E-state index is 5.63. The van der Waals surface area contributed by atoms with Crippen molar-refractivity contribution in [2.75, 3.05) is 19.5 Å². The number of hydrogen-bond acceptors (Lipinski definition) is 2. The van der Waals surface area contributed by atoms with Crippen molar-refractivity contribution in [3.63, 3.8) is 0 Å². The third-order valence-corrected chi connectivity index (χ3v) is 4.17. The summed E-state index contributed by atoms with van der Waals surface area (Å²) < 4.78 is 1.19. The van der Waals surface area contributed by atoms with Crippen molar-refractivity contribution in [1.82, 2.24) is 4.90 Å². The molecular formula is C11H17BrClNS. The van der Waals surface area contributed by atoms with Crippen LogP contribution in [0.5, 0.6) is 0 Å². The maximum Gasteiger partial charge on any atom is 0.0325 e. The molecule has 1 aromatic rings. The van der Waals surface area contributed by atoms with E-state index >= 15 is 0 Å². The van der Waals surface area contributed by atoms with Gasteiger partial charge in [0.15, 0.2) is 0 Å². The van der Waals surface area contributed by atoms with E-state index in [0.717, 1.165) is 25.4 Å². The van der Waals surface area contributed by atoms with E-state index in [4.69, 9.17) is 11.6 Å². The molecular weight excluding hydrogens is 294 g/mol. The molecule has 0 saturated heterocycles. The monoisotopic (exact) mass is 309 g/mol. The summed E-state index contributed by atoms with van der Waals surface area (Å²) in [5, 5.41) is 2.14. The molecule has 15 heavy (non-hydrogen) atoms. The molecule has 1 rings (SSSR count). The van der Waals surface area contributed by atoms with Gasteiger partial charge in [-0.1, -0.05) is 6.42 Å². The van der Waals surface area contributed by atoms with Crippen molar-refractivity contribution in [3.8, 4) is 0 Å². The maximum atomic E-state index is 5.63. The molecule has 0 atom stereocenters. The number of nitrogens with zero attached hydrogens (tertiary/aromatic N) is 1. The van der Waals surface area contributed by atoms with Gasteiger partial charge in [0.05, 0.1) is 0 Å². The van der Waals surface area contributed by atoms with Crippen LogP contribution >= 0.6 is 38.9 Å². The largest absolute Gasteiger partial charge is 0.301 e. The molecule has 0 amide bonds. The molecule has 4 heteroatoms. The second kappa shape index (κ2) is 7.66. The molecule has 0 aromatic carbocycles. The van der Waals surface area contributed by atoms with Crippen LogP contribution in [0.4, 0.5) is 0 Å². The van der Waals surface area contributed by atoms with Gasteiger partial charge in [-0.2, -0.15) is 0 Å². The van der Waals surface area contributed by atoms with Crippen molar-refractivity contribution in [1.29, 1.82) is 0 Å². The van der Waals surface area contributed by atoms with Crippen molar-refractivity contribution in [2.24, 2.45) is 0 Å². The molecule has 0 bridgehead atoms. The Balaban J connectivity index is 2.15. The smallest absolute Gasteiger partial charge is 0.0325 e. The van der Waals surface area contributed by atoms with E-state index < -0.39 is 0 Å². The van der Waals surface area contributed by atoms with E-state index in [2.05, 4.69) is 39.3 Å². The molecule has 0 radical (unpaired) electrons. The van der Waals surface area contributed by atoms with Crippen LogP contribution in [-0.4, -0.2) is 24.4 Å². The number of unbranched alkanes of at least 4 members (excludes halogenated alkanes) is 2. The van der Waals surface area contributed by atoms with Crippen LogP contribution < -0.4 is 0 Å². The quantitative estimate of drug-likeness (QED) is 0.534. The number of alkyl halides is 1. The van der Waals surface area contributed by atoms with E-state index in [1.165, 1.54) is 22.2 Å². The number of hydrogen-bond donors (Lipinski definition) is 0. The molecule has 0 saturated carbocycles. The van der Waals surface area contributed by atoms with Crippen molar-refractivity contribution in [2.45, 2.75) is 25.8 Å². The molecule has 86 valence electrons. The predicted molar refractivity (Wildman–Crippen MR) is 72.9 cm³/mol. The Hall–Kier alpha value is 0.430. The zero-order valence-corrected chi connectivity index (χ0v) is 12.2. The van der Waals surface area contributed by atoms with E-state index in [1.807, 2.05) is 11.3 Å². The Bertz CT molecular complexity index is 277. The lowest BCUT2D eigenvalue weighted by atomic mass is 10.2. The molecule has 0 aliphatic carbocycles. The normalized spacial score (nSPS) is 11.2. The predicted octanol–water partition coefficient (Wildman–Crippen LogP) is 4.35. The molecule has 0 spiro atoms. The van der Waals surface area contributed by atoms with Gasteiger partial charge in [0, 0.05) is 27.2 Å². The fourth-order valence-corrected chi connectivity index (χ4v) is 3.15. The van der Waals surface area contributed by atoms with Crippen LogP contribution in [-0.2, 0) is 6.54 Å². The highest BCUT2D eigenvalue weighted by Gasteiger charge is 2.02. The summed E-state index contributed by atoms with van der Waals surface area (Å²) in [6.45, 7) is 2.21. The van der Waals surface area contributed by atoms with Gasteiger partial charge in [-0.15, -0.1) is 22.9 Å². The van der Waals surface area contributed by atoms with Gasteiger partial charge in [-0.05, 0) is 48.4 Å². The van der Waals surface area contributed by atoms with Crippen LogP contribution in [0.3, 0.4) is 0 Å². The van der Waals surface area contributed by atoms with E-state index in [9.17, 15) is 0 Å². The first kappa shape index (κ1) is 13.5. The molecule has 1 nitrogen and oxygen atoms in total. The Morgan fingerprint density at radius 3 is 2.80 bits per heavy atom. The first-order chi connectivity index (χ1) is 7.22. The van der Waals surface area contributed by atoms with Gasteiger partial charge in [0.2, 0.25) is 0 Å². The Morgan fingerprint density at radius 1 is 1.40 bits per heavy atom. The second-order valence-electron chi connectivity index (χ2n) is 3.72. The molecule has 1 aromatic heterocycles. The minimum absolute atomic E-state index is 0.793. The summed E-state index contributed by atoms with van der Waals surface area (Å²) in [4.78, 5) is 3.79. The molecule has 0 aliphatic rings. The van der Waals surface area contributed by atoms with Gasteiger partial charge < -0.3 is 4.90 Å². The Morgan fingerprint density at radius 2 is 2.20 bits per heavy atom. The third kappa shape index (κ3) is 5.91. The minimum atomic E-state index is 0.793. The number of thiophene rings is 1. The fourth-order valence-electron chi connectivity index (χ4n) is 1.43. The fraction of sp³-hybridized carbons (Fsp3) is 0.636. The molecule has 1 heterocycles. The summed E-state index contributed by atoms with van der Waals surface area (Å²) >= 11 is 10.9. The topological polar surface area (TPSA) is 3.24 Å². The van der Waals surface area contributed by atoms with Crippen LogP contribution in [0.25, 0.3) is 0 Å². The second-order valence-corrected chi connectivity index (χ2v) is 6.01. The highest BCUT2D eigenvalue weighted by molar-refractivity contribution is 9.10. The van der Waals surface area contributed by atoms with E-state index in [0.29, 0.717) is 0 Å².